The smallest absolute Gasteiger partial charge is 0.339 e. The van der Waals surface area contributed by atoms with Crippen molar-refractivity contribution in [2.24, 2.45) is 0 Å². The lowest BCUT2D eigenvalue weighted by molar-refractivity contribution is 0.0448. The van der Waals surface area contributed by atoms with Gasteiger partial charge >= 0.3 is 17.9 Å². The van der Waals surface area contributed by atoms with Gasteiger partial charge in [-0.3, -0.25) is 0 Å². The van der Waals surface area contributed by atoms with E-state index in [1.165, 1.54) is 95.2 Å². The number of benzene rings is 1. The highest BCUT2D eigenvalue weighted by Gasteiger charge is 2.22. The highest BCUT2D eigenvalue weighted by Crippen LogP contribution is 2.18. The second kappa shape index (κ2) is 34.0. The van der Waals surface area contributed by atoms with Gasteiger partial charge < -0.3 is 14.2 Å². The van der Waals surface area contributed by atoms with E-state index in [1.54, 1.807) is 0 Å². The third-order valence-electron chi connectivity index (χ3n) is 8.86. The van der Waals surface area contributed by atoms with E-state index in [1.807, 2.05) is 0 Å². The predicted molar refractivity (Wildman–Crippen MR) is 213 cm³/mol. The Kier molecular flexibility index (Phi) is 30.5. The van der Waals surface area contributed by atoms with Gasteiger partial charge in [-0.1, -0.05) is 115 Å². The Labute approximate surface area is 311 Å². The van der Waals surface area contributed by atoms with Crippen LogP contribution >= 0.6 is 0 Å². The zero-order chi connectivity index (χ0) is 37.0. The molecule has 0 aliphatic carbocycles. The normalized spacial score (nSPS) is 11.6. The van der Waals surface area contributed by atoms with Gasteiger partial charge in [-0.15, -0.1) is 0 Å². The summed E-state index contributed by atoms with van der Waals surface area (Å²) in [5, 5.41) is 0. The van der Waals surface area contributed by atoms with Crippen LogP contribution in [-0.4, -0.2) is 37.7 Å². The fourth-order valence-corrected chi connectivity index (χ4v) is 5.62. The van der Waals surface area contributed by atoms with Crippen LogP contribution < -0.4 is 0 Å². The molecule has 0 bridgehead atoms. The summed E-state index contributed by atoms with van der Waals surface area (Å²) in [5.41, 5.74) is 0.364. The van der Waals surface area contributed by atoms with Crippen LogP contribution in [-0.2, 0) is 14.2 Å². The monoisotopic (exact) mass is 709 g/mol. The topological polar surface area (TPSA) is 78.9 Å². The Morgan fingerprint density at radius 1 is 0.412 bits per heavy atom. The number of unbranched alkanes of at least 4 members (excludes halogenated alkanes) is 18. The van der Waals surface area contributed by atoms with Gasteiger partial charge in [-0.2, -0.15) is 0 Å². The van der Waals surface area contributed by atoms with Crippen LogP contribution in [0.3, 0.4) is 0 Å². The predicted octanol–water partition coefficient (Wildman–Crippen LogP) is 13.2. The summed E-state index contributed by atoms with van der Waals surface area (Å²) >= 11 is 0. The third kappa shape index (κ3) is 25.5. The lowest BCUT2D eigenvalue weighted by Crippen LogP contribution is -2.17. The Bertz CT molecular complexity index is 1120. The highest BCUT2D eigenvalue weighted by atomic mass is 16.5. The molecular weight excluding hydrogens is 636 g/mol. The van der Waals surface area contributed by atoms with E-state index in [9.17, 15) is 14.4 Å². The molecule has 0 spiro atoms. The lowest BCUT2D eigenvalue weighted by atomic mass is 10.0. The van der Waals surface area contributed by atoms with Crippen molar-refractivity contribution in [3.05, 3.63) is 71.3 Å². The number of carbonyl (C=O) groups excluding carboxylic acids is 3. The molecule has 51 heavy (non-hydrogen) atoms. The van der Waals surface area contributed by atoms with E-state index in [0.29, 0.717) is 13.0 Å². The van der Waals surface area contributed by atoms with Gasteiger partial charge in [-0.25, -0.2) is 14.4 Å². The first-order chi connectivity index (χ1) is 25.0. The summed E-state index contributed by atoms with van der Waals surface area (Å²) in [7, 11) is 0. The van der Waals surface area contributed by atoms with Crippen molar-refractivity contribution in [2.45, 2.75) is 175 Å². The first-order valence-electron chi connectivity index (χ1n) is 20.6. The molecule has 1 rings (SSSR count). The molecule has 0 radical (unpaired) electrons. The molecule has 0 aromatic heterocycles. The first-order valence-corrected chi connectivity index (χ1v) is 20.6. The van der Waals surface area contributed by atoms with Crippen LogP contribution in [0.4, 0.5) is 0 Å². The molecule has 0 unspecified atom stereocenters. The number of carbonyl (C=O) groups is 3. The minimum Gasteiger partial charge on any atom is -0.462 e. The molecule has 0 aliphatic heterocycles. The van der Waals surface area contributed by atoms with Crippen LogP contribution in [0.15, 0.2) is 54.7 Å². The zero-order valence-corrected chi connectivity index (χ0v) is 32.7. The highest BCUT2D eigenvalue weighted by molar-refractivity contribution is 6.05. The molecular formula is C45H72O6. The third-order valence-corrected chi connectivity index (χ3v) is 8.86. The van der Waals surface area contributed by atoms with E-state index < -0.39 is 17.9 Å². The summed E-state index contributed by atoms with van der Waals surface area (Å²) < 4.78 is 16.6. The fourth-order valence-electron chi connectivity index (χ4n) is 5.62. The molecule has 6 nitrogen and oxygen atoms in total. The maximum Gasteiger partial charge on any atom is 0.339 e. The molecule has 0 amide bonds. The van der Waals surface area contributed by atoms with E-state index in [4.69, 9.17) is 14.2 Å². The summed E-state index contributed by atoms with van der Waals surface area (Å²) in [6, 6.07) is 4.42. The van der Waals surface area contributed by atoms with Crippen LogP contribution in [0.1, 0.15) is 206 Å². The average molecular weight is 709 g/mol. The van der Waals surface area contributed by atoms with Gasteiger partial charge in [0.05, 0.1) is 36.5 Å². The van der Waals surface area contributed by atoms with Crippen molar-refractivity contribution in [1.82, 2.24) is 0 Å². The van der Waals surface area contributed by atoms with Crippen molar-refractivity contribution < 1.29 is 28.6 Å². The molecule has 0 saturated carbocycles. The van der Waals surface area contributed by atoms with Crippen LogP contribution in [0.2, 0.25) is 0 Å². The summed E-state index contributed by atoms with van der Waals surface area (Å²) in [6.45, 7) is 7.47. The van der Waals surface area contributed by atoms with Gasteiger partial charge in [0, 0.05) is 0 Å². The molecule has 6 heteroatoms. The van der Waals surface area contributed by atoms with Gasteiger partial charge in [0.25, 0.3) is 0 Å². The number of hydrogen-bond acceptors (Lipinski definition) is 6. The van der Waals surface area contributed by atoms with Crippen molar-refractivity contribution in [2.75, 3.05) is 19.8 Å². The number of rotatable bonds is 33. The number of allylic oxidation sites excluding steroid dienone is 6. The van der Waals surface area contributed by atoms with Gasteiger partial charge in [0.15, 0.2) is 0 Å². The number of esters is 3. The molecule has 288 valence electrons. The second-order valence-electron chi connectivity index (χ2n) is 13.6. The maximum atomic E-state index is 13.2. The second-order valence-corrected chi connectivity index (χ2v) is 13.6. The quantitative estimate of drug-likeness (QED) is 0.0313. The van der Waals surface area contributed by atoms with Crippen LogP contribution in [0.5, 0.6) is 0 Å². The van der Waals surface area contributed by atoms with Crippen molar-refractivity contribution in [1.29, 1.82) is 0 Å². The van der Waals surface area contributed by atoms with E-state index >= 15 is 0 Å². The van der Waals surface area contributed by atoms with Gasteiger partial charge in [-0.05, 0) is 115 Å². The molecule has 0 heterocycles. The summed E-state index contributed by atoms with van der Waals surface area (Å²) in [6.07, 6.45) is 39.7. The van der Waals surface area contributed by atoms with Crippen LogP contribution in [0.25, 0.3) is 0 Å². The standard InChI is InChI=1S/C45H72O6/c1-4-7-10-13-16-19-22-25-28-31-36-49-43(46)40-34-35-41(44(47)50-37-32-29-26-23-20-17-14-11-8-5-2)42(39-40)45(48)51-38-33-30-27-24-21-18-15-12-9-6-3/h19-24,34-35,39H,4-18,25-33,36-38H2,1-3H3/b22-19+,23-20+,24-21+. The molecule has 0 saturated heterocycles. The fraction of sp³-hybridized carbons (Fsp3) is 0.667. The Hall–Kier alpha value is -3.15. The average Bonchev–Trinajstić information content (AvgIpc) is 3.14. The molecule has 0 atom stereocenters. The minimum atomic E-state index is -0.631. The zero-order valence-electron chi connectivity index (χ0n) is 32.7. The Morgan fingerprint density at radius 2 is 0.745 bits per heavy atom. The summed E-state index contributed by atoms with van der Waals surface area (Å²) in [4.78, 5) is 39.2. The molecule has 0 aliphatic rings. The minimum absolute atomic E-state index is 0.0384. The van der Waals surface area contributed by atoms with Crippen molar-refractivity contribution >= 4 is 17.9 Å². The molecule has 0 N–H and O–H groups in total. The van der Waals surface area contributed by atoms with E-state index in [-0.39, 0.29) is 29.9 Å². The van der Waals surface area contributed by atoms with Crippen molar-refractivity contribution in [3.8, 4) is 0 Å². The van der Waals surface area contributed by atoms with Crippen molar-refractivity contribution in [3.63, 3.8) is 0 Å². The number of ether oxygens (including phenoxy) is 3. The Balaban J connectivity index is 2.64. The Morgan fingerprint density at radius 3 is 1.12 bits per heavy atom. The summed E-state index contributed by atoms with van der Waals surface area (Å²) in [5.74, 6) is -1.74. The largest absolute Gasteiger partial charge is 0.462 e. The molecule has 0 fully saturated rings. The lowest BCUT2D eigenvalue weighted by Gasteiger charge is -2.12. The van der Waals surface area contributed by atoms with E-state index in [0.717, 1.165) is 70.6 Å². The molecule has 1 aromatic rings. The van der Waals surface area contributed by atoms with E-state index in [2.05, 4.69) is 57.2 Å². The van der Waals surface area contributed by atoms with Gasteiger partial charge in [0.1, 0.15) is 0 Å². The maximum absolute atomic E-state index is 13.2. The molecule has 1 aromatic carbocycles. The van der Waals surface area contributed by atoms with Gasteiger partial charge in [0.2, 0.25) is 0 Å². The number of hydrogen-bond donors (Lipinski definition) is 0. The van der Waals surface area contributed by atoms with Crippen LogP contribution in [0, 0.1) is 0 Å². The SMILES string of the molecule is CCCCCC/C=C/CCCCOC(=O)c1ccc(C(=O)OCCCC/C=C/CCCCCC)c(C(=O)OCCCC/C=C/CCCCCC)c1. The first kappa shape index (κ1) is 45.9.